The van der Waals surface area contributed by atoms with Crippen LogP contribution in [0.3, 0.4) is 0 Å². The number of rotatable bonds is 3. The van der Waals surface area contributed by atoms with Crippen LogP contribution in [0.4, 0.5) is 0 Å². The van der Waals surface area contributed by atoms with Crippen molar-refractivity contribution in [2.75, 3.05) is 13.1 Å². The van der Waals surface area contributed by atoms with Gasteiger partial charge in [0.25, 0.3) is 0 Å². The van der Waals surface area contributed by atoms with E-state index in [4.69, 9.17) is 4.74 Å². The summed E-state index contributed by atoms with van der Waals surface area (Å²) in [6, 6.07) is 0. The Kier molecular flexibility index (Phi) is 3.74. The lowest BCUT2D eigenvalue weighted by molar-refractivity contribution is -0.115. The van der Waals surface area contributed by atoms with E-state index in [1.807, 2.05) is 0 Å². The van der Waals surface area contributed by atoms with E-state index in [1.165, 1.54) is 0 Å². The highest BCUT2D eigenvalue weighted by atomic mass is 16.5. The number of hydrogen-bond acceptors (Lipinski definition) is 2. The first-order chi connectivity index (χ1) is 6.06. The van der Waals surface area contributed by atoms with Crippen LogP contribution in [0.2, 0.25) is 0 Å². The van der Waals surface area contributed by atoms with Gasteiger partial charge in [0.1, 0.15) is 0 Å². The maximum Gasteiger partial charge on any atom is 0.0785 e. The summed E-state index contributed by atoms with van der Waals surface area (Å²) in [5.41, 5.74) is 0.0626. The Morgan fingerprint density at radius 3 is 2.77 bits per heavy atom. The Hall–Kier alpha value is -0.0800. The molecule has 1 heterocycles. The molecule has 1 aliphatic rings. The van der Waals surface area contributed by atoms with Gasteiger partial charge in [-0.3, -0.25) is 0 Å². The molecule has 0 spiro atoms. The first-order valence-electron chi connectivity index (χ1n) is 5.44. The molecule has 2 unspecified atom stereocenters. The van der Waals surface area contributed by atoms with Gasteiger partial charge in [-0.25, -0.2) is 0 Å². The number of ether oxygens (including phenoxy) is 1. The van der Waals surface area contributed by atoms with E-state index in [0.29, 0.717) is 12.0 Å². The van der Waals surface area contributed by atoms with Crippen LogP contribution >= 0.6 is 0 Å². The molecule has 1 rings (SSSR count). The third kappa shape index (κ3) is 3.28. The number of nitrogens with one attached hydrogen (secondary N) is 1. The summed E-state index contributed by atoms with van der Waals surface area (Å²) >= 11 is 0. The highest BCUT2D eigenvalue weighted by molar-refractivity contribution is 4.85. The lowest BCUT2D eigenvalue weighted by Crippen LogP contribution is -2.52. The molecule has 2 atom stereocenters. The van der Waals surface area contributed by atoms with Gasteiger partial charge in [0.05, 0.1) is 11.7 Å². The summed E-state index contributed by atoms with van der Waals surface area (Å²) < 4.78 is 6.07. The highest BCUT2D eigenvalue weighted by Crippen LogP contribution is 2.25. The van der Waals surface area contributed by atoms with Crippen molar-refractivity contribution in [2.24, 2.45) is 5.92 Å². The summed E-state index contributed by atoms with van der Waals surface area (Å²) in [7, 11) is 0. The highest BCUT2D eigenvalue weighted by Gasteiger charge is 2.32. The van der Waals surface area contributed by atoms with Crippen molar-refractivity contribution in [1.29, 1.82) is 0 Å². The van der Waals surface area contributed by atoms with Crippen LogP contribution in [0.1, 0.15) is 40.5 Å². The van der Waals surface area contributed by atoms with Crippen molar-refractivity contribution in [3.63, 3.8) is 0 Å². The van der Waals surface area contributed by atoms with Gasteiger partial charge < -0.3 is 10.1 Å². The minimum Gasteiger partial charge on any atom is -0.369 e. The van der Waals surface area contributed by atoms with E-state index >= 15 is 0 Å². The van der Waals surface area contributed by atoms with E-state index < -0.39 is 0 Å². The fourth-order valence-corrected chi connectivity index (χ4v) is 2.19. The minimum atomic E-state index is 0.0626. The molecule has 0 aliphatic carbocycles. The Balaban J connectivity index is 2.47. The molecule has 0 aromatic carbocycles. The normalized spacial score (nSPS) is 35.3. The molecule has 0 aromatic heterocycles. The summed E-state index contributed by atoms with van der Waals surface area (Å²) in [6.45, 7) is 10.9. The zero-order chi connectivity index (χ0) is 9.90. The molecule has 0 bridgehead atoms. The molecule has 13 heavy (non-hydrogen) atoms. The molecule has 0 aromatic rings. The zero-order valence-corrected chi connectivity index (χ0v) is 9.39. The van der Waals surface area contributed by atoms with Crippen molar-refractivity contribution in [1.82, 2.24) is 5.32 Å². The lowest BCUT2D eigenvalue weighted by atomic mass is 9.92. The van der Waals surface area contributed by atoms with Crippen molar-refractivity contribution in [3.8, 4) is 0 Å². The first-order valence-corrected chi connectivity index (χ1v) is 5.44. The summed E-state index contributed by atoms with van der Waals surface area (Å²) in [5, 5.41) is 3.46. The average Bonchev–Trinajstić information content (AvgIpc) is 2.02. The number of hydrogen-bond donors (Lipinski definition) is 1. The second kappa shape index (κ2) is 4.43. The summed E-state index contributed by atoms with van der Waals surface area (Å²) in [6.07, 6.45) is 2.68. The van der Waals surface area contributed by atoms with Gasteiger partial charge in [-0.1, -0.05) is 20.8 Å². The molecule has 1 N–H and O–H groups in total. The van der Waals surface area contributed by atoms with Gasteiger partial charge in [0.2, 0.25) is 0 Å². The predicted octanol–water partition coefficient (Wildman–Crippen LogP) is 2.19. The van der Waals surface area contributed by atoms with E-state index in [0.717, 1.165) is 25.9 Å². The van der Waals surface area contributed by atoms with Gasteiger partial charge in [-0.05, 0) is 25.7 Å². The monoisotopic (exact) mass is 185 g/mol. The quantitative estimate of drug-likeness (QED) is 0.727. The van der Waals surface area contributed by atoms with E-state index in [-0.39, 0.29) is 5.60 Å². The molecular formula is C11H23NO. The molecule has 0 amide bonds. The van der Waals surface area contributed by atoms with Crippen LogP contribution in [0.5, 0.6) is 0 Å². The molecule has 1 saturated heterocycles. The third-order valence-corrected chi connectivity index (χ3v) is 2.62. The van der Waals surface area contributed by atoms with Gasteiger partial charge in [0.15, 0.2) is 0 Å². The van der Waals surface area contributed by atoms with E-state index in [9.17, 15) is 0 Å². The van der Waals surface area contributed by atoms with E-state index in [2.05, 4.69) is 33.0 Å². The van der Waals surface area contributed by atoms with Gasteiger partial charge >= 0.3 is 0 Å². The maximum absolute atomic E-state index is 6.07. The Labute approximate surface area is 82.0 Å². The van der Waals surface area contributed by atoms with Gasteiger partial charge in [-0.2, -0.15) is 0 Å². The smallest absolute Gasteiger partial charge is 0.0785 e. The third-order valence-electron chi connectivity index (χ3n) is 2.62. The van der Waals surface area contributed by atoms with Crippen LogP contribution in [0.15, 0.2) is 0 Å². The summed E-state index contributed by atoms with van der Waals surface area (Å²) in [5.74, 6) is 0.711. The van der Waals surface area contributed by atoms with Crippen molar-refractivity contribution in [3.05, 3.63) is 0 Å². The standard InChI is InChI=1S/C11H23NO/c1-5-10-7-12-8-11(4,13-10)6-9(2)3/h9-10,12H,5-8H2,1-4H3. The zero-order valence-electron chi connectivity index (χ0n) is 9.39. The molecular weight excluding hydrogens is 162 g/mol. The Bertz CT molecular complexity index is 158. The molecule has 2 heteroatoms. The second-order valence-electron chi connectivity index (χ2n) is 4.83. The van der Waals surface area contributed by atoms with Crippen molar-refractivity contribution < 1.29 is 4.74 Å². The first kappa shape index (κ1) is 11.0. The topological polar surface area (TPSA) is 21.3 Å². The van der Waals surface area contributed by atoms with Crippen LogP contribution in [0.25, 0.3) is 0 Å². The largest absolute Gasteiger partial charge is 0.369 e. The van der Waals surface area contributed by atoms with Gasteiger partial charge in [0, 0.05) is 13.1 Å². The maximum atomic E-state index is 6.07. The molecule has 78 valence electrons. The van der Waals surface area contributed by atoms with Crippen LogP contribution in [-0.4, -0.2) is 24.8 Å². The second-order valence-corrected chi connectivity index (χ2v) is 4.83. The van der Waals surface area contributed by atoms with Crippen LogP contribution in [0, 0.1) is 5.92 Å². The predicted molar refractivity (Wildman–Crippen MR) is 55.9 cm³/mol. The van der Waals surface area contributed by atoms with Crippen molar-refractivity contribution in [2.45, 2.75) is 52.2 Å². The summed E-state index contributed by atoms with van der Waals surface area (Å²) in [4.78, 5) is 0. The fraction of sp³-hybridized carbons (Fsp3) is 1.00. The molecule has 1 aliphatic heterocycles. The average molecular weight is 185 g/mol. The molecule has 0 radical (unpaired) electrons. The molecule has 2 nitrogen and oxygen atoms in total. The number of morpholine rings is 1. The molecule has 1 fully saturated rings. The Morgan fingerprint density at radius 1 is 1.54 bits per heavy atom. The van der Waals surface area contributed by atoms with Crippen molar-refractivity contribution >= 4 is 0 Å². The van der Waals surface area contributed by atoms with Gasteiger partial charge in [-0.15, -0.1) is 0 Å². The Morgan fingerprint density at radius 2 is 2.23 bits per heavy atom. The fourth-order valence-electron chi connectivity index (χ4n) is 2.19. The van der Waals surface area contributed by atoms with E-state index in [1.54, 1.807) is 0 Å². The van der Waals surface area contributed by atoms with Crippen LogP contribution in [-0.2, 0) is 4.74 Å². The lowest BCUT2D eigenvalue weighted by Gasteiger charge is -2.40. The SMILES string of the molecule is CCC1CNCC(C)(CC(C)C)O1. The van der Waals surface area contributed by atoms with Crippen LogP contribution < -0.4 is 5.32 Å². The molecule has 0 saturated carbocycles. The minimum absolute atomic E-state index is 0.0626.